The predicted molar refractivity (Wildman–Crippen MR) is 106 cm³/mol. The summed E-state index contributed by atoms with van der Waals surface area (Å²) in [5.41, 5.74) is 4.86. The van der Waals surface area contributed by atoms with Gasteiger partial charge in [0.1, 0.15) is 24.0 Å². The second-order valence-corrected chi connectivity index (χ2v) is 6.34. The second-order valence-electron chi connectivity index (χ2n) is 6.34. The minimum absolute atomic E-state index is 0.586. The molecule has 142 valence electrons. The Bertz CT molecular complexity index is 717. The number of aryl methyl sites for hydroxylation is 2. The van der Waals surface area contributed by atoms with Crippen molar-refractivity contribution >= 4 is 5.82 Å². The third kappa shape index (κ3) is 5.70. The molecule has 0 unspecified atom stereocenters. The average Bonchev–Trinajstić information content (AvgIpc) is 2.63. The maximum atomic E-state index is 5.97. The van der Waals surface area contributed by atoms with Crippen molar-refractivity contribution < 1.29 is 9.47 Å². The van der Waals surface area contributed by atoms with E-state index in [4.69, 9.17) is 9.47 Å². The van der Waals surface area contributed by atoms with Gasteiger partial charge in [0.15, 0.2) is 0 Å². The number of hydrogen-bond donors (Lipinski definition) is 1. The van der Waals surface area contributed by atoms with Crippen LogP contribution in [0.25, 0.3) is 0 Å². The van der Waals surface area contributed by atoms with Gasteiger partial charge in [0.25, 0.3) is 0 Å². The normalized spacial score (nSPS) is 10.8. The van der Waals surface area contributed by atoms with E-state index in [2.05, 4.69) is 48.2 Å². The lowest BCUT2D eigenvalue weighted by atomic mass is 10.0. The smallest absolute Gasteiger partial charge is 0.130 e. The van der Waals surface area contributed by atoms with Gasteiger partial charge in [0.05, 0.1) is 13.2 Å². The minimum atomic E-state index is 0.586. The first-order chi connectivity index (χ1) is 12.5. The summed E-state index contributed by atoms with van der Waals surface area (Å²) in [6.07, 6.45) is 1.85. The number of nitrogens with zero attached hydrogens (tertiary/aromatic N) is 2. The zero-order chi connectivity index (χ0) is 18.9. The number of ether oxygens (including phenoxy) is 2. The molecule has 0 aliphatic carbocycles. The van der Waals surface area contributed by atoms with Gasteiger partial charge in [0.2, 0.25) is 0 Å². The standard InChI is InChI=1S/C21H31N3O2/c1-6-19-14-21(24-17(5)23-19)22-11-13-26-20-9-8-18(10-12-25-7-2)15(3)16(20)4/h8-9,14H,6-7,10-13H2,1-5H3,(H,22,23,24). The van der Waals surface area contributed by atoms with E-state index in [1.807, 2.05) is 19.9 Å². The van der Waals surface area contributed by atoms with Crippen LogP contribution in [0.5, 0.6) is 5.75 Å². The zero-order valence-electron chi connectivity index (χ0n) is 16.7. The Morgan fingerprint density at radius 3 is 2.54 bits per heavy atom. The number of rotatable bonds is 10. The summed E-state index contributed by atoms with van der Waals surface area (Å²) in [5.74, 6) is 2.59. The molecule has 1 N–H and O–H groups in total. The van der Waals surface area contributed by atoms with Crippen molar-refractivity contribution in [3.8, 4) is 5.75 Å². The van der Waals surface area contributed by atoms with Gasteiger partial charge in [-0.25, -0.2) is 9.97 Å². The van der Waals surface area contributed by atoms with Gasteiger partial charge >= 0.3 is 0 Å². The van der Waals surface area contributed by atoms with Crippen LogP contribution in [0, 0.1) is 20.8 Å². The number of anilines is 1. The van der Waals surface area contributed by atoms with E-state index in [-0.39, 0.29) is 0 Å². The first-order valence-corrected chi connectivity index (χ1v) is 9.43. The van der Waals surface area contributed by atoms with Crippen molar-refractivity contribution in [3.05, 3.63) is 46.4 Å². The molecule has 26 heavy (non-hydrogen) atoms. The molecule has 0 saturated carbocycles. The monoisotopic (exact) mass is 357 g/mol. The Balaban J connectivity index is 1.87. The maximum Gasteiger partial charge on any atom is 0.130 e. The lowest BCUT2D eigenvalue weighted by Crippen LogP contribution is -2.14. The lowest BCUT2D eigenvalue weighted by molar-refractivity contribution is 0.151. The van der Waals surface area contributed by atoms with Crippen molar-refractivity contribution in [2.75, 3.05) is 31.7 Å². The molecule has 1 aromatic heterocycles. The van der Waals surface area contributed by atoms with Crippen LogP contribution in [0.1, 0.15) is 42.1 Å². The van der Waals surface area contributed by atoms with Gasteiger partial charge < -0.3 is 14.8 Å². The molecule has 0 atom stereocenters. The van der Waals surface area contributed by atoms with E-state index >= 15 is 0 Å². The molecule has 0 radical (unpaired) electrons. The van der Waals surface area contributed by atoms with E-state index in [0.29, 0.717) is 13.2 Å². The zero-order valence-corrected chi connectivity index (χ0v) is 16.7. The molecule has 2 aromatic rings. The molecule has 1 heterocycles. The fraction of sp³-hybridized carbons (Fsp3) is 0.524. The summed E-state index contributed by atoms with van der Waals surface area (Å²) in [5, 5.41) is 3.32. The van der Waals surface area contributed by atoms with E-state index < -0.39 is 0 Å². The van der Waals surface area contributed by atoms with Crippen molar-refractivity contribution in [1.29, 1.82) is 0 Å². The van der Waals surface area contributed by atoms with Crippen molar-refractivity contribution in [2.24, 2.45) is 0 Å². The van der Waals surface area contributed by atoms with Crippen molar-refractivity contribution in [1.82, 2.24) is 9.97 Å². The summed E-state index contributed by atoms with van der Waals surface area (Å²) < 4.78 is 11.4. The molecule has 1 aromatic carbocycles. The van der Waals surface area contributed by atoms with Crippen LogP contribution in [0.15, 0.2) is 18.2 Å². The van der Waals surface area contributed by atoms with Gasteiger partial charge in [-0.1, -0.05) is 13.0 Å². The van der Waals surface area contributed by atoms with Crippen LogP contribution in [-0.4, -0.2) is 36.3 Å². The minimum Gasteiger partial charge on any atom is -0.491 e. The summed E-state index contributed by atoms with van der Waals surface area (Å²) in [6, 6.07) is 6.20. The lowest BCUT2D eigenvalue weighted by Gasteiger charge is -2.15. The Hall–Kier alpha value is -2.14. The van der Waals surface area contributed by atoms with Gasteiger partial charge in [-0.3, -0.25) is 0 Å². The fourth-order valence-electron chi connectivity index (χ4n) is 2.85. The van der Waals surface area contributed by atoms with Gasteiger partial charge in [0, 0.05) is 18.4 Å². The highest BCUT2D eigenvalue weighted by Gasteiger charge is 2.08. The topological polar surface area (TPSA) is 56.3 Å². The Labute approximate surface area is 157 Å². The van der Waals surface area contributed by atoms with Crippen LogP contribution in [-0.2, 0) is 17.6 Å². The first-order valence-electron chi connectivity index (χ1n) is 9.43. The van der Waals surface area contributed by atoms with Gasteiger partial charge in [-0.15, -0.1) is 0 Å². The fourth-order valence-corrected chi connectivity index (χ4v) is 2.85. The Morgan fingerprint density at radius 1 is 1.00 bits per heavy atom. The first kappa shape index (κ1) is 20.2. The van der Waals surface area contributed by atoms with Crippen LogP contribution in [0.4, 0.5) is 5.82 Å². The van der Waals surface area contributed by atoms with Crippen molar-refractivity contribution in [3.63, 3.8) is 0 Å². The molecule has 0 bridgehead atoms. The number of nitrogens with one attached hydrogen (secondary N) is 1. The molecule has 5 heteroatoms. The second kappa shape index (κ2) is 10.1. The molecule has 0 amide bonds. The highest BCUT2D eigenvalue weighted by molar-refractivity contribution is 5.43. The van der Waals surface area contributed by atoms with Crippen LogP contribution < -0.4 is 10.1 Å². The summed E-state index contributed by atoms with van der Waals surface area (Å²) in [4.78, 5) is 8.81. The largest absolute Gasteiger partial charge is 0.491 e. The Morgan fingerprint density at radius 2 is 1.81 bits per heavy atom. The molecule has 5 nitrogen and oxygen atoms in total. The molecule has 0 aliphatic heterocycles. The van der Waals surface area contributed by atoms with Crippen LogP contribution in [0.2, 0.25) is 0 Å². The molecule has 0 spiro atoms. The maximum absolute atomic E-state index is 5.97. The molecule has 2 rings (SSSR count). The quantitative estimate of drug-likeness (QED) is 0.651. The van der Waals surface area contributed by atoms with E-state index in [1.54, 1.807) is 0 Å². The molecule has 0 fully saturated rings. The summed E-state index contributed by atoms with van der Waals surface area (Å²) in [7, 11) is 0. The van der Waals surface area contributed by atoms with E-state index in [9.17, 15) is 0 Å². The average molecular weight is 357 g/mol. The summed E-state index contributed by atoms with van der Waals surface area (Å²) in [6.45, 7) is 13.1. The molecule has 0 saturated heterocycles. The number of aromatic nitrogens is 2. The molecular formula is C21H31N3O2. The Kier molecular flexibility index (Phi) is 7.85. The van der Waals surface area contributed by atoms with Gasteiger partial charge in [-0.2, -0.15) is 0 Å². The molecular weight excluding hydrogens is 326 g/mol. The highest BCUT2D eigenvalue weighted by atomic mass is 16.5. The highest BCUT2D eigenvalue weighted by Crippen LogP contribution is 2.24. The summed E-state index contributed by atoms with van der Waals surface area (Å²) >= 11 is 0. The van der Waals surface area contributed by atoms with Crippen LogP contribution in [0.3, 0.4) is 0 Å². The SMILES string of the molecule is CCOCCc1ccc(OCCNc2cc(CC)nc(C)n2)c(C)c1C. The van der Waals surface area contributed by atoms with E-state index in [1.165, 1.54) is 16.7 Å². The van der Waals surface area contributed by atoms with Gasteiger partial charge in [-0.05, 0) is 63.3 Å². The predicted octanol–water partition coefficient (Wildman–Crippen LogP) is 4.03. The van der Waals surface area contributed by atoms with Crippen molar-refractivity contribution in [2.45, 2.75) is 47.5 Å². The van der Waals surface area contributed by atoms with Crippen LogP contribution >= 0.6 is 0 Å². The number of hydrogen-bond acceptors (Lipinski definition) is 5. The third-order valence-electron chi connectivity index (χ3n) is 4.49. The third-order valence-corrected chi connectivity index (χ3v) is 4.49. The number of benzene rings is 1. The molecule has 0 aliphatic rings. The van der Waals surface area contributed by atoms with E-state index in [0.717, 1.165) is 49.1 Å².